The zero-order chi connectivity index (χ0) is 26.3. The number of hydrogen-bond acceptors (Lipinski definition) is 10. The van der Waals surface area contributed by atoms with Gasteiger partial charge in [-0.1, -0.05) is 21.6 Å². The molecule has 0 radical (unpaired) electrons. The van der Waals surface area contributed by atoms with Crippen molar-refractivity contribution in [3.8, 4) is 0 Å². The van der Waals surface area contributed by atoms with Crippen molar-refractivity contribution in [3.05, 3.63) is 23.3 Å². The topological polar surface area (TPSA) is 242 Å². The Bertz CT molecular complexity index is 827. The van der Waals surface area contributed by atoms with Crippen molar-refractivity contribution in [2.24, 2.45) is 0 Å². The van der Waals surface area contributed by atoms with Gasteiger partial charge in [0.25, 0.3) is 0 Å². The first-order chi connectivity index (χ1) is 15.9. The van der Waals surface area contributed by atoms with Crippen LogP contribution in [0.2, 0.25) is 0 Å². The van der Waals surface area contributed by atoms with Crippen LogP contribution < -0.4 is 10.6 Å². The third-order valence-electron chi connectivity index (χ3n) is 3.40. The smallest absolute Gasteiger partial charge is 0.328 e. The minimum Gasteiger partial charge on any atom is -0.481 e. The molecule has 0 aliphatic heterocycles. The highest BCUT2D eigenvalue weighted by Crippen LogP contribution is 2.22. The fraction of sp³-hybridized carbons (Fsp3) is 0.333. The van der Waals surface area contributed by atoms with Crippen molar-refractivity contribution in [2.75, 3.05) is 11.5 Å². The Kier molecular flexibility index (Phi) is 14.3. The van der Waals surface area contributed by atoms with Gasteiger partial charge in [-0.2, -0.15) is 0 Å². The van der Waals surface area contributed by atoms with Gasteiger partial charge >= 0.3 is 23.9 Å². The van der Waals surface area contributed by atoms with E-state index in [2.05, 4.69) is 10.6 Å². The summed E-state index contributed by atoms with van der Waals surface area (Å²) in [5, 5.41) is 39.3. The molecule has 14 nitrogen and oxygen atoms in total. The maximum Gasteiger partial charge on any atom is 0.328 e. The van der Waals surface area contributed by atoms with Gasteiger partial charge < -0.3 is 40.6 Å². The number of hydrogen-bond donors (Lipinski definition) is 6. The van der Waals surface area contributed by atoms with Crippen molar-refractivity contribution in [1.29, 1.82) is 0 Å². The van der Waals surface area contributed by atoms with Crippen molar-refractivity contribution in [2.45, 2.75) is 24.9 Å². The second-order valence-electron chi connectivity index (χ2n) is 6.16. The van der Waals surface area contributed by atoms with Gasteiger partial charge in [0, 0.05) is 34.8 Å². The summed E-state index contributed by atoms with van der Waals surface area (Å²) in [5.74, 6) is -8.30. The Hall–Kier alpha value is -3.66. The first kappa shape index (κ1) is 30.3. The lowest BCUT2D eigenvalue weighted by Gasteiger charge is -2.15. The lowest BCUT2D eigenvalue weighted by molar-refractivity contribution is -0.138. The second kappa shape index (κ2) is 16.0. The summed E-state index contributed by atoms with van der Waals surface area (Å²) in [5.41, 5.74) is -1.17. The minimum atomic E-state index is -1.55. The summed E-state index contributed by atoms with van der Waals surface area (Å²) in [7, 11) is 1.95. The molecule has 0 aromatic rings. The molecule has 0 saturated heterocycles. The summed E-state index contributed by atoms with van der Waals surface area (Å²) < 4.78 is 0. The summed E-state index contributed by atoms with van der Waals surface area (Å²) in [6.45, 7) is 0. The number of carboxylic acid groups (broad SMARTS) is 4. The number of nitrogens with one attached hydrogen (secondary N) is 2. The molecule has 0 fully saturated rings. The number of aliphatic carboxylic acids is 4. The molecule has 0 unspecified atom stereocenters. The van der Waals surface area contributed by atoms with E-state index in [0.717, 1.165) is 21.6 Å². The lowest BCUT2D eigenvalue weighted by Crippen LogP contribution is -2.40. The van der Waals surface area contributed by atoms with Crippen LogP contribution in [0.5, 0.6) is 0 Å². The van der Waals surface area contributed by atoms with E-state index in [-0.39, 0.29) is 11.5 Å². The highest BCUT2D eigenvalue weighted by Gasteiger charge is 2.21. The maximum atomic E-state index is 12.0. The largest absolute Gasteiger partial charge is 0.481 e. The van der Waals surface area contributed by atoms with Gasteiger partial charge in [-0.05, 0) is 0 Å². The summed E-state index contributed by atoms with van der Waals surface area (Å²) in [4.78, 5) is 89.5. The fourth-order valence-corrected chi connectivity index (χ4v) is 4.28. The van der Waals surface area contributed by atoms with Gasteiger partial charge in [-0.3, -0.25) is 19.2 Å². The van der Waals surface area contributed by atoms with Crippen LogP contribution in [0.25, 0.3) is 0 Å². The molecule has 186 valence electrons. The maximum absolute atomic E-state index is 12.0. The van der Waals surface area contributed by atoms with Crippen LogP contribution in [-0.2, 0) is 38.4 Å². The monoisotopic (exact) mass is 520 g/mol. The molecule has 16 heteroatoms. The van der Waals surface area contributed by atoms with Crippen LogP contribution in [0, 0.1) is 0 Å². The molecule has 6 N–H and O–H groups in total. The number of carbonyl (C=O) groups is 8. The molecule has 0 aliphatic rings. The van der Waals surface area contributed by atoms with E-state index in [1.165, 1.54) is 0 Å². The normalized spacial score (nSPS) is 13.2. The zero-order valence-corrected chi connectivity index (χ0v) is 18.8. The second-order valence-corrected chi connectivity index (χ2v) is 8.71. The zero-order valence-electron chi connectivity index (χ0n) is 17.2. The number of aldehydes is 2. The Morgan fingerprint density at radius 3 is 1.21 bits per heavy atom. The number of amides is 2. The number of rotatable bonds is 17. The molecule has 0 rings (SSSR count). The summed E-state index contributed by atoms with van der Waals surface area (Å²) >= 11 is 0. The number of carboxylic acids is 4. The third kappa shape index (κ3) is 13.7. The van der Waals surface area contributed by atoms with Gasteiger partial charge in [-0.25, -0.2) is 9.59 Å². The highest BCUT2D eigenvalue weighted by atomic mass is 33.1. The standard InChI is InChI=1S/C18H20N2O12S2/c21-5-11(19-17(31)9(1-13(23)24)2-14(25)26)7-33-34-8-12(6-22)20-18(32)10(3-15(27)28)4-16(29)30/h1,3,5-6,11-12H,2,4,7-8H2,(H,19,31)(H,20,32)(H,23,24)(H,25,26)(H,27,28)(H,29,30)/b9-1-,10-3-/t11-,12-/m1/s1. The van der Waals surface area contributed by atoms with Gasteiger partial charge in [0.1, 0.15) is 12.6 Å². The highest BCUT2D eigenvalue weighted by molar-refractivity contribution is 8.76. The van der Waals surface area contributed by atoms with Gasteiger partial charge in [0.2, 0.25) is 11.8 Å². The first-order valence-electron chi connectivity index (χ1n) is 8.96. The van der Waals surface area contributed by atoms with Crippen molar-refractivity contribution < 1.29 is 58.8 Å². The number of carbonyl (C=O) groups excluding carboxylic acids is 4. The fourth-order valence-electron chi connectivity index (χ4n) is 2.01. The van der Waals surface area contributed by atoms with E-state index in [1.807, 2.05) is 0 Å². The first-order valence-corrected chi connectivity index (χ1v) is 11.5. The van der Waals surface area contributed by atoms with Crippen molar-refractivity contribution in [1.82, 2.24) is 10.6 Å². The van der Waals surface area contributed by atoms with Gasteiger partial charge in [0.15, 0.2) is 0 Å². The molecule has 0 aromatic carbocycles. The van der Waals surface area contributed by atoms with Crippen LogP contribution >= 0.6 is 21.6 Å². The minimum absolute atomic E-state index is 0.0734. The van der Waals surface area contributed by atoms with E-state index < -0.39 is 71.8 Å². The van der Waals surface area contributed by atoms with Crippen LogP contribution in [0.15, 0.2) is 23.3 Å². The molecule has 0 heterocycles. The van der Waals surface area contributed by atoms with Crippen LogP contribution in [0.4, 0.5) is 0 Å². The summed E-state index contributed by atoms with van der Waals surface area (Å²) in [6, 6.07) is -2.28. The van der Waals surface area contributed by atoms with Crippen LogP contribution in [0.3, 0.4) is 0 Å². The SMILES string of the molecule is O=C[C@H](CSSC[C@@H](C=O)NC(=O)/C(=C\C(=O)O)CC(=O)O)NC(=O)/C(=C\C(=O)O)CC(=O)O. The Labute approximate surface area is 199 Å². The molecule has 0 aromatic heterocycles. The molecule has 34 heavy (non-hydrogen) atoms. The van der Waals surface area contributed by atoms with Crippen molar-refractivity contribution >= 4 is 69.9 Å². The van der Waals surface area contributed by atoms with E-state index in [0.29, 0.717) is 24.7 Å². The van der Waals surface area contributed by atoms with Crippen LogP contribution in [-0.4, -0.2) is 92.3 Å². The molecular formula is C18H20N2O12S2. The Morgan fingerprint density at radius 1 is 0.647 bits per heavy atom. The van der Waals surface area contributed by atoms with Crippen molar-refractivity contribution in [3.63, 3.8) is 0 Å². The molecule has 2 amide bonds. The third-order valence-corrected chi connectivity index (χ3v) is 5.88. The predicted octanol–water partition coefficient (Wildman–Crippen LogP) is -1.29. The lowest BCUT2D eigenvalue weighted by atomic mass is 10.1. The average molecular weight is 520 g/mol. The molecule has 0 aliphatic carbocycles. The van der Waals surface area contributed by atoms with Gasteiger partial charge in [0.05, 0.1) is 24.9 Å². The quantitative estimate of drug-likeness (QED) is 0.0566. The van der Waals surface area contributed by atoms with E-state index in [1.54, 1.807) is 0 Å². The Morgan fingerprint density at radius 2 is 0.971 bits per heavy atom. The molecule has 0 spiro atoms. The molecule has 0 saturated carbocycles. The molecule has 2 atom stereocenters. The molecule has 0 bridgehead atoms. The predicted molar refractivity (Wildman–Crippen MR) is 117 cm³/mol. The van der Waals surface area contributed by atoms with Gasteiger partial charge in [-0.15, -0.1) is 0 Å². The van der Waals surface area contributed by atoms with E-state index in [9.17, 15) is 38.4 Å². The average Bonchev–Trinajstić information content (AvgIpc) is 2.72. The van der Waals surface area contributed by atoms with E-state index >= 15 is 0 Å². The van der Waals surface area contributed by atoms with Crippen LogP contribution in [0.1, 0.15) is 12.8 Å². The summed E-state index contributed by atoms with van der Waals surface area (Å²) in [6.07, 6.45) is -0.292. The molecular weight excluding hydrogens is 500 g/mol. The van der Waals surface area contributed by atoms with E-state index in [4.69, 9.17) is 20.4 Å². The Balaban J connectivity index is 4.85.